The van der Waals surface area contributed by atoms with Crippen LogP contribution in [0.5, 0.6) is 5.75 Å². The van der Waals surface area contributed by atoms with Gasteiger partial charge in [0, 0.05) is 24.9 Å². The molecule has 1 aliphatic carbocycles. The van der Waals surface area contributed by atoms with Crippen LogP contribution in [-0.2, 0) is 11.2 Å². The third kappa shape index (κ3) is 2.13. The number of nitrogens with one attached hydrogen (secondary N) is 1. The summed E-state index contributed by atoms with van der Waals surface area (Å²) in [6.45, 7) is 2.24. The van der Waals surface area contributed by atoms with Crippen LogP contribution in [0.2, 0.25) is 0 Å². The zero-order valence-electron chi connectivity index (χ0n) is 11.9. The SMILES string of the molecule is COc1ccc2cccc3c2c1[C@H](CNC(C)=O)CC3. The molecule has 0 saturated carbocycles. The number of aryl methyl sites for hydroxylation is 1. The molecule has 3 nitrogen and oxygen atoms in total. The highest BCUT2D eigenvalue weighted by Gasteiger charge is 2.25. The van der Waals surface area contributed by atoms with E-state index in [2.05, 4.69) is 29.6 Å². The molecule has 2 aromatic carbocycles. The van der Waals surface area contributed by atoms with Gasteiger partial charge in [0.05, 0.1) is 7.11 Å². The first-order valence-electron chi connectivity index (χ1n) is 7.03. The lowest BCUT2D eigenvalue weighted by atomic mass is 9.80. The van der Waals surface area contributed by atoms with E-state index >= 15 is 0 Å². The number of ether oxygens (including phenoxy) is 1. The van der Waals surface area contributed by atoms with Crippen molar-refractivity contribution in [2.24, 2.45) is 0 Å². The van der Waals surface area contributed by atoms with E-state index in [0.29, 0.717) is 12.5 Å². The number of rotatable bonds is 3. The lowest BCUT2D eigenvalue weighted by molar-refractivity contribution is -0.119. The van der Waals surface area contributed by atoms with Crippen LogP contribution < -0.4 is 10.1 Å². The van der Waals surface area contributed by atoms with E-state index in [4.69, 9.17) is 4.74 Å². The number of hydrogen-bond donors (Lipinski definition) is 1. The molecule has 1 atom stereocenters. The third-order valence-electron chi connectivity index (χ3n) is 4.12. The topological polar surface area (TPSA) is 38.3 Å². The molecule has 0 aliphatic heterocycles. The quantitative estimate of drug-likeness (QED) is 0.930. The molecule has 3 heteroatoms. The molecule has 0 bridgehead atoms. The molecule has 0 unspecified atom stereocenters. The summed E-state index contributed by atoms with van der Waals surface area (Å²) in [7, 11) is 1.71. The maximum Gasteiger partial charge on any atom is 0.216 e. The molecule has 1 amide bonds. The lowest BCUT2D eigenvalue weighted by Gasteiger charge is -2.27. The van der Waals surface area contributed by atoms with Gasteiger partial charge in [0.1, 0.15) is 5.75 Å². The number of amides is 1. The third-order valence-corrected chi connectivity index (χ3v) is 4.12. The van der Waals surface area contributed by atoms with Crippen LogP contribution in [0.3, 0.4) is 0 Å². The van der Waals surface area contributed by atoms with Crippen molar-refractivity contribution < 1.29 is 9.53 Å². The van der Waals surface area contributed by atoms with Gasteiger partial charge in [0.25, 0.3) is 0 Å². The van der Waals surface area contributed by atoms with Crippen LogP contribution in [0.15, 0.2) is 30.3 Å². The lowest BCUT2D eigenvalue weighted by Crippen LogP contribution is -2.27. The Balaban J connectivity index is 2.13. The number of benzene rings is 2. The molecule has 0 aromatic heterocycles. The standard InChI is InChI=1S/C17H19NO2/c1-11(19)18-10-14-7-6-12-4-3-5-13-8-9-15(20-2)17(14)16(12)13/h3-5,8-9,14H,6-7,10H2,1-2H3,(H,18,19)/t14-/m0/s1. The summed E-state index contributed by atoms with van der Waals surface area (Å²) in [4.78, 5) is 11.2. The van der Waals surface area contributed by atoms with E-state index in [1.165, 1.54) is 21.9 Å². The van der Waals surface area contributed by atoms with E-state index in [9.17, 15) is 4.79 Å². The van der Waals surface area contributed by atoms with Gasteiger partial charge in [-0.25, -0.2) is 0 Å². The minimum absolute atomic E-state index is 0.0231. The molecule has 0 radical (unpaired) electrons. The molecule has 1 aliphatic rings. The molecule has 1 N–H and O–H groups in total. The number of methoxy groups -OCH3 is 1. The summed E-state index contributed by atoms with van der Waals surface area (Å²) in [6.07, 6.45) is 2.11. The van der Waals surface area contributed by atoms with Crippen molar-refractivity contribution in [3.8, 4) is 5.75 Å². The van der Waals surface area contributed by atoms with Gasteiger partial charge < -0.3 is 10.1 Å². The van der Waals surface area contributed by atoms with Crippen LogP contribution in [0.4, 0.5) is 0 Å². The van der Waals surface area contributed by atoms with E-state index in [-0.39, 0.29) is 5.91 Å². The highest BCUT2D eigenvalue weighted by molar-refractivity contribution is 5.92. The van der Waals surface area contributed by atoms with Gasteiger partial charge >= 0.3 is 0 Å². The van der Waals surface area contributed by atoms with Crippen molar-refractivity contribution in [2.45, 2.75) is 25.7 Å². The van der Waals surface area contributed by atoms with E-state index in [0.717, 1.165) is 18.6 Å². The monoisotopic (exact) mass is 269 g/mol. The minimum atomic E-state index is 0.0231. The summed E-state index contributed by atoms with van der Waals surface area (Å²) in [5.74, 6) is 1.28. The van der Waals surface area contributed by atoms with Gasteiger partial charge in [0.2, 0.25) is 5.91 Å². The second-order valence-electron chi connectivity index (χ2n) is 5.37. The molecule has 3 rings (SSSR count). The Morgan fingerprint density at radius 3 is 2.95 bits per heavy atom. The fraction of sp³-hybridized carbons (Fsp3) is 0.353. The largest absolute Gasteiger partial charge is 0.496 e. The fourth-order valence-corrected chi connectivity index (χ4v) is 3.20. The number of carbonyl (C=O) groups is 1. The van der Waals surface area contributed by atoms with Gasteiger partial charge in [-0.15, -0.1) is 0 Å². The van der Waals surface area contributed by atoms with Crippen molar-refractivity contribution >= 4 is 16.7 Å². The normalized spacial score (nSPS) is 17.0. The molecule has 2 aromatic rings. The highest BCUT2D eigenvalue weighted by atomic mass is 16.5. The van der Waals surface area contributed by atoms with Crippen LogP contribution in [0, 0.1) is 0 Å². The summed E-state index contributed by atoms with van der Waals surface area (Å²) in [5, 5.41) is 5.51. The predicted molar refractivity (Wildman–Crippen MR) is 80.2 cm³/mol. The smallest absolute Gasteiger partial charge is 0.216 e. The van der Waals surface area contributed by atoms with Crippen LogP contribution >= 0.6 is 0 Å². The van der Waals surface area contributed by atoms with Crippen molar-refractivity contribution in [2.75, 3.05) is 13.7 Å². The van der Waals surface area contributed by atoms with Gasteiger partial charge in [-0.1, -0.05) is 24.3 Å². The molecule has 0 saturated heterocycles. The number of hydrogen-bond acceptors (Lipinski definition) is 2. The van der Waals surface area contributed by atoms with E-state index < -0.39 is 0 Å². The predicted octanol–water partition coefficient (Wildman–Crippen LogP) is 3.01. The summed E-state index contributed by atoms with van der Waals surface area (Å²) < 4.78 is 5.56. The fourth-order valence-electron chi connectivity index (χ4n) is 3.20. The molecule has 104 valence electrons. The Morgan fingerprint density at radius 1 is 1.35 bits per heavy atom. The zero-order chi connectivity index (χ0) is 14.1. The van der Waals surface area contributed by atoms with Gasteiger partial charge in [-0.2, -0.15) is 0 Å². The number of carbonyl (C=O) groups excluding carboxylic acids is 1. The Labute approximate surface area is 118 Å². The Morgan fingerprint density at radius 2 is 2.20 bits per heavy atom. The Bertz CT molecular complexity index is 663. The van der Waals surface area contributed by atoms with Gasteiger partial charge in [-0.3, -0.25) is 4.79 Å². The zero-order valence-corrected chi connectivity index (χ0v) is 11.9. The molecule has 0 heterocycles. The second kappa shape index (κ2) is 5.16. The van der Waals surface area contributed by atoms with Crippen LogP contribution in [0.25, 0.3) is 10.8 Å². The first-order chi connectivity index (χ1) is 9.70. The summed E-state index contributed by atoms with van der Waals surface area (Å²) in [5.41, 5.74) is 2.64. The van der Waals surface area contributed by atoms with E-state index in [1.807, 2.05) is 6.07 Å². The van der Waals surface area contributed by atoms with Crippen LogP contribution in [-0.4, -0.2) is 19.6 Å². The molecule has 0 fully saturated rings. The minimum Gasteiger partial charge on any atom is -0.496 e. The molecular weight excluding hydrogens is 250 g/mol. The summed E-state index contributed by atoms with van der Waals surface area (Å²) in [6, 6.07) is 10.6. The maximum atomic E-state index is 11.2. The van der Waals surface area contributed by atoms with Crippen molar-refractivity contribution in [3.05, 3.63) is 41.5 Å². The van der Waals surface area contributed by atoms with Crippen LogP contribution in [0.1, 0.15) is 30.4 Å². The Kier molecular flexibility index (Phi) is 3.35. The second-order valence-corrected chi connectivity index (χ2v) is 5.37. The first kappa shape index (κ1) is 13.0. The molecule has 0 spiro atoms. The van der Waals surface area contributed by atoms with Crippen molar-refractivity contribution in [1.82, 2.24) is 5.32 Å². The molecular formula is C17H19NO2. The molecule has 20 heavy (non-hydrogen) atoms. The van der Waals surface area contributed by atoms with Crippen molar-refractivity contribution in [3.63, 3.8) is 0 Å². The maximum absolute atomic E-state index is 11.2. The first-order valence-corrected chi connectivity index (χ1v) is 7.03. The van der Waals surface area contributed by atoms with Gasteiger partial charge in [0.15, 0.2) is 0 Å². The van der Waals surface area contributed by atoms with Gasteiger partial charge in [-0.05, 0) is 35.2 Å². The average Bonchev–Trinajstić information content (AvgIpc) is 2.47. The average molecular weight is 269 g/mol. The highest BCUT2D eigenvalue weighted by Crippen LogP contribution is 2.41. The van der Waals surface area contributed by atoms with E-state index in [1.54, 1.807) is 14.0 Å². The summed E-state index contributed by atoms with van der Waals surface area (Å²) >= 11 is 0. The van der Waals surface area contributed by atoms with Crippen molar-refractivity contribution in [1.29, 1.82) is 0 Å². The Hall–Kier alpha value is -2.03.